The maximum atomic E-state index is 12.7. The highest BCUT2D eigenvalue weighted by Crippen LogP contribution is 2.34. The summed E-state index contributed by atoms with van der Waals surface area (Å²) < 4.78 is 39.0. The van der Waals surface area contributed by atoms with Gasteiger partial charge in [-0.15, -0.1) is 0 Å². The van der Waals surface area contributed by atoms with Crippen LogP contribution in [-0.4, -0.2) is 59.3 Å². The number of nitrogens with zero attached hydrogens (tertiary/aromatic N) is 7. The van der Waals surface area contributed by atoms with Crippen LogP contribution in [-0.2, 0) is 17.4 Å². The standard InChI is InChI=1S/C21H20N8O3/c1-28-9-7-21(31,19(28)30)18-10-17(27-32-18)15-5-3-4-14(25-15)16-6-8-22-20(26-16)24-13-11-23-29(2)12-13/h3-6,8,10-12,31H,7,9H2,1-2H3,(H,22,24,26)/i7D2,9D2. The van der Waals surface area contributed by atoms with E-state index in [1.807, 2.05) is 0 Å². The molecule has 4 aromatic rings. The lowest BCUT2D eigenvalue weighted by Gasteiger charge is -2.16. The Morgan fingerprint density at radius 2 is 1.97 bits per heavy atom. The molecule has 32 heavy (non-hydrogen) atoms. The van der Waals surface area contributed by atoms with Crippen molar-refractivity contribution in [2.75, 3.05) is 18.9 Å². The van der Waals surface area contributed by atoms with Gasteiger partial charge in [-0.05, 0) is 18.2 Å². The van der Waals surface area contributed by atoms with Crippen LogP contribution in [0.2, 0.25) is 0 Å². The van der Waals surface area contributed by atoms with Gasteiger partial charge < -0.3 is 19.8 Å². The first-order valence-corrected chi connectivity index (χ1v) is 9.49. The van der Waals surface area contributed by atoms with Crippen molar-refractivity contribution >= 4 is 17.5 Å². The number of carbonyl (C=O) groups excluding carboxylic acids is 1. The predicted molar refractivity (Wildman–Crippen MR) is 113 cm³/mol. The van der Waals surface area contributed by atoms with Gasteiger partial charge in [0.2, 0.25) is 11.5 Å². The van der Waals surface area contributed by atoms with Gasteiger partial charge in [-0.25, -0.2) is 15.0 Å². The van der Waals surface area contributed by atoms with Crippen LogP contribution in [0.15, 0.2) is 53.4 Å². The second kappa shape index (κ2) is 7.54. The first kappa shape index (κ1) is 15.6. The summed E-state index contributed by atoms with van der Waals surface area (Å²) in [6, 6.07) is 7.87. The predicted octanol–water partition coefficient (Wildman–Crippen LogP) is 1.72. The summed E-state index contributed by atoms with van der Waals surface area (Å²) in [5.74, 6) is -1.38. The number of hydrogen-bond acceptors (Lipinski definition) is 9. The molecule has 1 aliphatic heterocycles. The molecule has 0 saturated carbocycles. The summed E-state index contributed by atoms with van der Waals surface area (Å²) in [7, 11) is 2.86. The lowest BCUT2D eigenvalue weighted by atomic mass is 9.98. The molecule has 0 bridgehead atoms. The molecule has 4 aromatic heterocycles. The number of pyridine rings is 1. The number of likely N-dealkylation sites (tertiary alicyclic amines) is 1. The normalized spacial score (nSPS) is 23.3. The molecule has 5 heterocycles. The Hall–Kier alpha value is -4.12. The lowest BCUT2D eigenvalue weighted by molar-refractivity contribution is -0.144. The molecule has 162 valence electrons. The molecule has 5 rings (SSSR count). The number of aryl methyl sites for hydroxylation is 1. The van der Waals surface area contributed by atoms with Crippen molar-refractivity contribution in [3.8, 4) is 22.8 Å². The third-order valence-corrected chi connectivity index (χ3v) is 4.78. The fourth-order valence-electron chi connectivity index (χ4n) is 3.14. The molecule has 0 spiro atoms. The largest absolute Gasteiger partial charge is 0.373 e. The zero-order valence-electron chi connectivity index (χ0n) is 21.0. The Labute approximate surface area is 188 Å². The van der Waals surface area contributed by atoms with Crippen molar-refractivity contribution in [3.05, 3.63) is 54.7 Å². The first-order valence-electron chi connectivity index (χ1n) is 11.5. The Kier molecular flexibility index (Phi) is 3.68. The molecule has 1 fully saturated rings. The van der Waals surface area contributed by atoms with Crippen LogP contribution in [0.5, 0.6) is 0 Å². The van der Waals surface area contributed by atoms with E-state index in [-0.39, 0.29) is 5.69 Å². The average molecular weight is 436 g/mol. The van der Waals surface area contributed by atoms with Gasteiger partial charge in [-0.2, -0.15) is 5.10 Å². The summed E-state index contributed by atoms with van der Waals surface area (Å²) in [6.45, 7) is -2.78. The van der Waals surface area contributed by atoms with Gasteiger partial charge in [-0.3, -0.25) is 9.48 Å². The monoisotopic (exact) mass is 436 g/mol. The van der Waals surface area contributed by atoms with E-state index in [9.17, 15) is 9.90 Å². The van der Waals surface area contributed by atoms with Crippen LogP contribution in [0.25, 0.3) is 22.8 Å². The maximum absolute atomic E-state index is 12.7. The van der Waals surface area contributed by atoms with Gasteiger partial charge in [0.25, 0.3) is 5.91 Å². The minimum absolute atomic E-state index is 0.113. The second-order valence-corrected chi connectivity index (χ2v) is 7.09. The summed E-state index contributed by atoms with van der Waals surface area (Å²) in [5, 5.41) is 22.0. The van der Waals surface area contributed by atoms with Crippen molar-refractivity contribution in [2.45, 2.75) is 12.0 Å². The van der Waals surface area contributed by atoms with Gasteiger partial charge in [0.1, 0.15) is 5.69 Å². The fraction of sp³-hybridized carbons (Fsp3) is 0.238. The number of hydrogen-bond donors (Lipinski definition) is 2. The van der Waals surface area contributed by atoms with Gasteiger partial charge in [0.15, 0.2) is 5.76 Å². The summed E-state index contributed by atoms with van der Waals surface area (Å²) in [6.07, 6.45) is 1.95. The number of likely N-dealkylation sites (N-methyl/N-ethyl adjacent to an activating group) is 1. The number of amides is 1. The van der Waals surface area contributed by atoms with Crippen LogP contribution in [0.3, 0.4) is 0 Å². The molecule has 2 N–H and O–H groups in total. The van der Waals surface area contributed by atoms with E-state index >= 15 is 0 Å². The van der Waals surface area contributed by atoms with E-state index in [1.165, 1.54) is 6.07 Å². The van der Waals surface area contributed by atoms with Gasteiger partial charge in [0, 0.05) is 50.9 Å². The third kappa shape index (κ3) is 3.48. The molecule has 1 saturated heterocycles. The van der Waals surface area contributed by atoms with Crippen LogP contribution in [0, 0.1) is 0 Å². The third-order valence-electron chi connectivity index (χ3n) is 4.78. The van der Waals surface area contributed by atoms with E-state index in [0.717, 1.165) is 7.05 Å². The minimum Gasteiger partial charge on any atom is -0.373 e. The van der Waals surface area contributed by atoms with Crippen molar-refractivity contribution in [1.82, 2.24) is 34.8 Å². The Morgan fingerprint density at radius 3 is 2.69 bits per heavy atom. The molecule has 0 aromatic carbocycles. The van der Waals surface area contributed by atoms with E-state index in [1.54, 1.807) is 54.6 Å². The SMILES string of the molecule is [2H]C1([2H])N(C)C(=O)C(O)(c2cc(-c3cccc(-c4ccnc(Nc5cnn(C)c5)n4)n3)no2)C1([2H])[2H]. The number of nitrogens with one attached hydrogen (secondary N) is 1. The van der Waals surface area contributed by atoms with Crippen molar-refractivity contribution < 1.29 is 19.9 Å². The molecule has 1 atom stereocenters. The number of anilines is 2. The topological polar surface area (TPSA) is 135 Å². The zero-order valence-corrected chi connectivity index (χ0v) is 17.0. The average Bonchev–Trinajstić information content (AvgIpc) is 3.53. The number of aromatic nitrogens is 6. The van der Waals surface area contributed by atoms with Gasteiger partial charge in [0.05, 0.1) is 29.0 Å². The molecule has 1 aliphatic rings. The highest BCUT2D eigenvalue weighted by Gasteiger charge is 2.48. The molecular weight excluding hydrogens is 412 g/mol. The number of rotatable bonds is 5. The van der Waals surface area contributed by atoms with Gasteiger partial charge >= 0.3 is 0 Å². The van der Waals surface area contributed by atoms with E-state index in [2.05, 4.69) is 30.5 Å². The Balaban J connectivity index is 1.46. The highest BCUT2D eigenvalue weighted by atomic mass is 16.5. The van der Waals surface area contributed by atoms with Crippen LogP contribution < -0.4 is 5.32 Å². The minimum atomic E-state index is -3.02. The van der Waals surface area contributed by atoms with Crippen molar-refractivity contribution in [2.24, 2.45) is 7.05 Å². The Morgan fingerprint density at radius 1 is 1.19 bits per heavy atom. The smallest absolute Gasteiger partial charge is 0.262 e. The van der Waals surface area contributed by atoms with Gasteiger partial charge in [-0.1, -0.05) is 11.2 Å². The van der Waals surface area contributed by atoms with Crippen molar-refractivity contribution in [3.63, 3.8) is 0 Å². The van der Waals surface area contributed by atoms with Crippen molar-refractivity contribution in [1.29, 1.82) is 0 Å². The van der Waals surface area contributed by atoms with E-state index in [0.29, 0.717) is 33.6 Å². The fourth-order valence-corrected chi connectivity index (χ4v) is 3.14. The Bertz CT molecular complexity index is 1470. The summed E-state index contributed by atoms with van der Waals surface area (Å²) >= 11 is 0. The molecule has 1 amide bonds. The summed E-state index contributed by atoms with van der Waals surface area (Å²) in [4.78, 5) is 26.4. The summed E-state index contributed by atoms with van der Waals surface area (Å²) in [5.41, 5.74) is -0.821. The maximum Gasteiger partial charge on any atom is 0.262 e. The van der Waals surface area contributed by atoms with E-state index in [4.69, 9.17) is 10.0 Å². The van der Waals surface area contributed by atoms with Crippen LogP contribution in [0.1, 0.15) is 17.6 Å². The lowest BCUT2D eigenvalue weighted by Crippen LogP contribution is -2.35. The molecule has 11 heteroatoms. The highest BCUT2D eigenvalue weighted by molar-refractivity contribution is 5.87. The van der Waals surface area contributed by atoms with Crippen LogP contribution in [0.4, 0.5) is 11.6 Å². The molecular formula is C21H20N8O3. The zero-order chi connectivity index (χ0) is 25.9. The number of carbonyl (C=O) groups is 1. The van der Waals surface area contributed by atoms with E-state index < -0.39 is 30.1 Å². The molecule has 0 radical (unpaired) electrons. The molecule has 0 aliphatic carbocycles. The number of aliphatic hydroxyl groups is 1. The quantitative estimate of drug-likeness (QED) is 0.479. The first-order chi connectivity index (χ1) is 16.9. The van der Waals surface area contributed by atoms with Crippen LogP contribution >= 0.6 is 0 Å². The second-order valence-electron chi connectivity index (χ2n) is 7.09. The molecule has 11 nitrogen and oxygen atoms in total. The molecule has 1 unspecified atom stereocenters.